The van der Waals surface area contributed by atoms with E-state index < -0.39 is 0 Å². The van der Waals surface area contributed by atoms with Crippen molar-refractivity contribution in [3.8, 4) is 5.88 Å². The van der Waals surface area contributed by atoms with E-state index in [2.05, 4.69) is 37.1 Å². The van der Waals surface area contributed by atoms with Crippen LogP contribution in [0.2, 0.25) is 0 Å². The van der Waals surface area contributed by atoms with Crippen LogP contribution in [0.4, 0.5) is 0 Å². The zero-order valence-electron chi connectivity index (χ0n) is 12.5. The summed E-state index contributed by atoms with van der Waals surface area (Å²) in [4.78, 5) is 4.42. The lowest BCUT2D eigenvalue weighted by atomic mass is 9.80. The Hall–Kier alpha value is -1.09. The highest BCUT2D eigenvalue weighted by Gasteiger charge is 2.25. The first-order valence-electron chi connectivity index (χ1n) is 7.40. The maximum Gasteiger partial charge on any atom is 0.213 e. The third kappa shape index (κ3) is 3.69. The summed E-state index contributed by atoms with van der Waals surface area (Å²) in [5, 5.41) is 3.21. The van der Waals surface area contributed by atoms with Gasteiger partial charge < -0.3 is 10.1 Å². The van der Waals surface area contributed by atoms with Gasteiger partial charge in [0.05, 0.1) is 0 Å². The number of nitrogens with zero attached hydrogens (tertiary/aromatic N) is 1. The second kappa shape index (κ2) is 6.38. The number of nitrogens with one attached hydrogen (secondary N) is 1. The number of ether oxygens (including phenoxy) is 1. The molecule has 1 fully saturated rings. The van der Waals surface area contributed by atoms with Crippen molar-refractivity contribution in [2.24, 2.45) is 11.8 Å². The molecule has 0 aliphatic heterocycles. The third-order valence-corrected chi connectivity index (χ3v) is 4.53. The normalized spacial score (nSPS) is 28.9. The fourth-order valence-corrected chi connectivity index (χ4v) is 2.66. The Morgan fingerprint density at radius 1 is 1.26 bits per heavy atom. The molecule has 3 nitrogen and oxygen atoms in total. The van der Waals surface area contributed by atoms with Gasteiger partial charge in [-0.2, -0.15) is 0 Å². The minimum atomic E-state index is 0.331. The predicted molar refractivity (Wildman–Crippen MR) is 78.3 cm³/mol. The molecule has 1 aliphatic rings. The molecule has 0 bridgehead atoms. The smallest absolute Gasteiger partial charge is 0.213 e. The van der Waals surface area contributed by atoms with Crippen LogP contribution < -0.4 is 10.1 Å². The molecular weight excluding hydrogens is 236 g/mol. The highest BCUT2D eigenvalue weighted by atomic mass is 16.5. The Morgan fingerprint density at radius 3 is 2.63 bits per heavy atom. The van der Waals surface area contributed by atoms with Gasteiger partial charge in [0.25, 0.3) is 0 Å². The van der Waals surface area contributed by atoms with Gasteiger partial charge in [-0.3, -0.25) is 0 Å². The summed E-state index contributed by atoms with van der Waals surface area (Å²) in [7, 11) is 1.96. The molecule has 0 aromatic carbocycles. The number of pyridine rings is 1. The van der Waals surface area contributed by atoms with Gasteiger partial charge in [-0.1, -0.05) is 19.9 Å². The van der Waals surface area contributed by atoms with E-state index in [0.29, 0.717) is 12.1 Å². The number of aromatic nitrogens is 1. The molecule has 1 aromatic heterocycles. The molecule has 3 heteroatoms. The molecule has 1 aromatic rings. The van der Waals surface area contributed by atoms with Gasteiger partial charge in [-0.15, -0.1) is 0 Å². The summed E-state index contributed by atoms with van der Waals surface area (Å²) in [6.07, 6.45) is 5.82. The van der Waals surface area contributed by atoms with Crippen molar-refractivity contribution in [1.82, 2.24) is 10.3 Å². The highest BCUT2D eigenvalue weighted by molar-refractivity contribution is 5.20. The second-order valence-electron chi connectivity index (χ2n) is 5.95. The van der Waals surface area contributed by atoms with Crippen LogP contribution in [0.5, 0.6) is 5.88 Å². The molecule has 1 saturated carbocycles. The third-order valence-electron chi connectivity index (χ3n) is 4.53. The van der Waals surface area contributed by atoms with Crippen molar-refractivity contribution in [3.05, 3.63) is 23.9 Å². The van der Waals surface area contributed by atoms with Crippen LogP contribution in [-0.4, -0.2) is 18.1 Å². The molecule has 0 spiro atoms. The van der Waals surface area contributed by atoms with Crippen LogP contribution in [0.1, 0.15) is 51.6 Å². The summed E-state index contributed by atoms with van der Waals surface area (Å²) < 4.78 is 6.01. The van der Waals surface area contributed by atoms with E-state index in [1.165, 1.54) is 12.0 Å². The minimum absolute atomic E-state index is 0.331. The van der Waals surface area contributed by atoms with Crippen molar-refractivity contribution in [3.63, 3.8) is 0 Å². The molecule has 2 rings (SSSR count). The molecule has 1 heterocycles. The van der Waals surface area contributed by atoms with E-state index in [9.17, 15) is 0 Å². The maximum absolute atomic E-state index is 6.01. The molecule has 106 valence electrons. The predicted octanol–water partition coefficient (Wildman–Crippen LogP) is 3.57. The van der Waals surface area contributed by atoms with E-state index in [1.807, 2.05) is 19.3 Å². The van der Waals surface area contributed by atoms with E-state index in [1.54, 1.807) is 0 Å². The van der Waals surface area contributed by atoms with Crippen molar-refractivity contribution in [2.75, 3.05) is 7.05 Å². The van der Waals surface area contributed by atoms with Crippen LogP contribution in [-0.2, 0) is 0 Å². The van der Waals surface area contributed by atoms with Gasteiger partial charge in [0.2, 0.25) is 5.88 Å². The second-order valence-corrected chi connectivity index (χ2v) is 5.95. The standard InChI is InChI=1S/C16H26N2O/c1-11-5-7-15(9-12(11)2)19-16-8-6-14(10-18-16)13(3)17-4/h6,8,10-13,15,17H,5,7,9H2,1-4H3. The Labute approximate surface area is 116 Å². The Balaban J connectivity index is 1.93. The molecule has 1 N–H and O–H groups in total. The summed E-state index contributed by atoms with van der Waals surface area (Å²) in [6.45, 7) is 6.79. The molecule has 4 atom stereocenters. The maximum atomic E-state index is 6.01. The van der Waals surface area contributed by atoms with E-state index in [-0.39, 0.29) is 0 Å². The van der Waals surface area contributed by atoms with Crippen molar-refractivity contribution in [1.29, 1.82) is 0 Å². The largest absolute Gasteiger partial charge is 0.474 e. The lowest BCUT2D eigenvalue weighted by Gasteiger charge is -2.31. The van der Waals surface area contributed by atoms with Crippen LogP contribution in [0, 0.1) is 11.8 Å². The van der Waals surface area contributed by atoms with E-state index in [4.69, 9.17) is 4.74 Å². The van der Waals surface area contributed by atoms with E-state index >= 15 is 0 Å². The first-order valence-corrected chi connectivity index (χ1v) is 7.40. The molecule has 1 aliphatic carbocycles. The number of rotatable bonds is 4. The number of hydrogen-bond acceptors (Lipinski definition) is 3. The first kappa shape index (κ1) is 14.3. The van der Waals surface area contributed by atoms with Crippen molar-refractivity contribution in [2.45, 2.75) is 52.2 Å². The summed E-state index contributed by atoms with van der Waals surface area (Å²) in [5.41, 5.74) is 1.19. The molecule has 0 amide bonds. The van der Waals surface area contributed by atoms with Gasteiger partial charge in [0.15, 0.2) is 0 Å². The molecule has 0 saturated heterocycles. The zero-order chi connectivity index (χ0) is 13.8. The fourth-order valence-electron chi connectivity index (χ4n) is 2.66. The van der Waals surface area contributed by atoms with Gasteiger partial charge in [0, 0.05) is 18.3 Å². The topological polar surface area (TPSA) is 34.1 Å². The van der Waals surface area contributed by atoms with Crippen molar-refractivity contribution < 1.29 is 4.74 Å². The lowest BCUT2D eigenvalue weighted by molar-refractivity contribution is 0.0964. The molecular formula is C16H26N2O. The van der Waals surface area contributed by atoms with Gasteiger partial charge in [-0.05, 0) is 50.6 Å². The zero-order valence-corrected chi connectivity index (χ0v) is 12.5. The SMILES string of the molecule is CNC(C)c1ccc(OC2CCC(C)C(C)C2)nc1. The Bertz CT molecular complexity index is 390. The quantitative estimate of drug-likeness (QED) is 0.900. The average Bonchev–Trinajstić information content (AvgIpc) is 2.43. The Morgan fingerprint density at radius 2 is 2.05 bits per heavy atom. The molecule has 0 radical (unpaired) electrons. The van der Waals surface area contributed by atoms with Crippen LogP contribution in [0.25, 0.3) is 0 Å². The monoisotopic (exact) mass is 262 g/mol. The Kier molecular flexibility index (Phi) is 4.81. The van der Waals surface area contributed by atoms with E-state index in [0.717, 1.165) is 30.6 Å². The molecule has 4 unspecified atom stereocenters. The summed E-state index contributed by atoms with van der Waals surface area (Å²) in [5.74, 6) is 2.34. The van der Waals surface area contributed by atoms with Crippen LogP contribution >= 0.6 is 0 Å². The van der Waals surface area contributed by atoms with Crippen LogP contribution in [0.3, 0.4) is 0 Å². The average molecular weight is 262 g/mol. The highest BCUT2D eigenvalue weighted by Crippen LogP contribution is 2.31. The first-order chi connectivity index (χ1) is 9.10. The summed E-state index contributed by atoms with van der Waals surface area (Å²) >= 11 is 0. The van der Waals surface area contributed by atoms with Crippen molar-refractivity contribution >= 4 is 0 Å². The number of hydrogen-bond donors (Lipinski definition) is 1. The summed E-state index contributed by atoms with van der Waals surface area (Å²) in [6, 6.07) is 4.42. The fraction of sp³-hybridized carbons (Fsp3) is 0.688. The minimum Gasteiger partial charge on any atom is -0.474 e. The lowest BCUT2D eigenvalue weighted by Crippen LogP contribution is -2.29. The van der Waals surface area contributed by atoms with Gasteiger partial charge >= 0.3 is 0 Å². The van der Waals surface area contributed by atoms with Crippen LogP contribution in [0.15, 0.2) is 18.3 Å². The van der Waals surface area contributed by atoms with Gasteiger partial charge in [-0.25, -0.2) is 4.98 Å². The molecule has 19 heavy (non-hydrogen) atoms. The van der Waals surface area contributed by atoms with Gasteiger partial charge in [0.1, 0.15) is 6.10 Å².